The molecule has 5 nitrogen and oxygen atoms in total. The van der Waals surface area contributed by atoms with Crippen molar-refractivity contribution in [2.75, 3.05) is 20.1 Å². The first-order chi connectivity index (χ1) is 8.39. The van der Waals surface area contributed by atoms with Crippen molar-refractivity contribution in [1.82, 2.24) is 10.2 Å². The molecule has 104 valence electrons. The third-order valence-corrected chi connectivity index (χ3v) is 3.76. The largest absolute Gasteiger partial charge is 0.392 e. The highest BCUT2D eigenvalue weighted by atomic mass is 32.1. The van der Waals surface area contributed by atoms with Crippen LogP contribution in [-0.4, -0.2) is 41.8 Å². The first kappa shape index (κ1) is 16.8. The molecule has 0 aliphatic rings. The molecule has 3 N–H and O–H groups in total. The van der Waals surface area contributed by atoms with Gasteiger partial charge in [0.1, 0.15) is 0 Å². The van der Waals surface area contributed by atoms with E-state index in [1.807, 2.05) is 20.8 Å². The number of hydrogen-bond donors (Lipinski definition) is 2. The molecular weight excluding hydrogens is 250 g/mol. The lowest BCUT2D eigenvalue weighted by Crippen LogP contribution is -2.52. The van der Waals surface area contributed by atoms with Gasteiger partial charge in [0.05, 0.1) is 16.9 Å². The Labute approximate surface area is 114 Å². The van der Waals surface area contributed by atoms with Gasteiger partial charge in [0, 0.05) is 13.6 Å². The number of thiocarbonyl (C=S) groups is 1. The molecule has 6 heteroatoms. The van der Waals surface area contributed by atoms with Crippen LogP contribution in [0.4, 0.5) is 0 Å². The monoisotopic (exact) mass is 273 g/mol. The summed E-state index contributed by atoms with van der Waals surface area (Å²) in [5, 5.41) is 2.50. The minimum Gasteiger partial charge on any atom is -0.392 e. The van der Waals surface area contributed by atoms with Gasteiger partial charge in [-0.15, -0.1) is 0 Å². The first-order valence-electron chi connectivity index (χ1n) is 6.19. The van der Waals surface area contributed by atoms with Crippen LogP contribution >= 0.6 is 12.2 Å². The maximum Gasteiger partial charge on any atom is 0.239 e. The van der Waals surface area contributed by atoms with Crippen molar-refractivity contribution in [3.8, 4) is 0 Å². The van der Waals surface area contributed by atoms with Gasteiger partial charge >= 0.3 is 0 Å². The van der Waals surface area contributed by atoms with E-state index in [0.717, 1.165) is 0 Å². The zero-order chi connectivity index (χ0) is 14.3. The number of amides is 2. The van der Waals surface area contributed by atoms with E-state index in [-0.39, 0.29) is 23.3 Å². The summed E-state index contributed by atoms with van der Waals surface area (Å²) in [7, 11) is 1.54. The van der Waals surface area contributed by atoms with E-state index >= 15 is 0 Å². The standard InChI is InChI=1S/C12H23N3O2S/c1-5-12(6-2,10(13)18)11(17)15(7-3)8-9(16)14-4/h5-8H2,1-4H3,(H2,13,18)(H,14,16). The van der Waals surface area contributed by atoms with E-state index in [0.29, 0.717) is 19.4 Å². The topological polar surface area (TPSA) is 75.4 Å². The van der Waals surface area contributed by atoms with Crippen molar-refractivity contribution in [3.63, 3.8) is 0 Å². The first-order valence-corrected chi connectivity index (χ1v) is 6.60. The number of nitrogens with zero attached hydrogens (tertiary/aromatic N) is 1. The van der Waals surface area contributed by atoms with Crippen LogP contribution in [0.3, 0.4) is 0 Å². The number of nitrogens with one attached hydrogen (secondary N) is 1. The number of carbonyl (C=O) groups excluding carboxylic acids is 2. The van der Waals surface area contributed by atoms with Gasteiger partial charge in [0.2, 0.25) is 11.8 Å². The van der Waals surface area contributed by atoms with Crippen molar-refractivity contribution in [1.29, 1.82) is 0 Å². The smallest absolute Gasteiger partial charge is 0.239 e. The third kappa shape index (κ3) is 3.41. The van der Waals surface area contributed by atoms with E-state index < -0.39 is 5.41 Å². The Morgan fingerprint density at radius 2 is 1.78 bits per heavy atom. The Hall–Kier alpha value is -1.17. The summed E-state index contributed by atoms with van der Waals surface area (Å²) >= 11 is 5.04. The number of rotatable bonds is 7. The van der Waals surface area contributed by atoms with Crippen molar-refractivity contribution in [2.24, 2.45) is 11.1 Å². The minimum atomic E-state index is -0.834. The van der Waals surface area contributed by atoms with E-state index in [4.69, 9.17) is 18.0 Å². The molecule has 2 amide bonds. The summed E-state index contributed by atoms with van der Waals surface area (Å²) in [4.78, 5) is 25.6. The van der Waals surface area contributed by atoms with Crippen LogP contribution < -0.4 is 11.1 Å². The Morgan fingerprint density at radius 1 is 1.28 bits per heavy atom. The van der Waals surface area contributed by atoms with Crippen LogP contribution in [0.5, 0.6) is 0 Å². The summed E-state index contributed by atoms with van der Waals surface area (Å²) < 4.78 is 0. The van der Waals surface area contributed by atoms with E-state index in [1.165, 1.54) is 4.90 Å². The number of carbonyl (C=O) groups is 2. The molecule has 0 aromatic rings. The second-order valence-corrected chi connectivity index (χ2v) is 4.59. The Bertz CT molecular complexity index is 327. The van der Waals surface area contributed by atoms with Crippen LogP contribution in [-0.2, 0) is 9.59 Å². The molecule has 18 heavy (non-hydrogen) atoms. The van der Waals surface area contributed by atoms with Crippen LogP contribution in [0.1, 0.15) is 33.6 Å². The van der Waals surface area contributed by atoms with Crippen LogP contribution in [0.2, 0.25) is 0 Å². The zero-order valence-electron chi connectivity index (χ0n) is 11.6. The molecule has 0 aromatic carbocycles. The number of nitrogens with two attached hydrogens (primary N) is 1. The summed E-state index contributed by atoms with van der Waals surface area (Å²) in [6.07, 6.45) is 1.09. The molecule has 0 atom stereocenters. The molecule has 0 heterocycles. The molecule has 0 aromatic heterocycles. The second kappa shape index (κ2) is 7.31. The maximum absolute atomic E-state index is 12.5. The highest BCUT2D eigenvalue weighted by molar-refractivity contribution is 7.80. The predicted molar refractivity (Wildman–Crippen MR) is 76.1 cm³/mol. The van der Waals surface area contributed by atoms with Crippen molar-refractivity contribution >= 4 is 29.0 Å². The summed E-state index contributed by atoms with van der Waals surface area (Å²) in [6.45, 7) is 6.09. The molecule has 0 aliphatic carbocycles. The maximum atomic E-state index is 12.5. The van der Waals surface area contributed by atoms with Gasteiger partial charge in [0.15, 0.2) is 0 Å². The Morgan fingerprint density at radius 3 is 2.06 bits per heavy atom. The normalized spacial score (nSPS) is 10.9. The molecule has 0 rings (SSSR count). The zero-order valence-corrected chi connectivity index (χ0v) is 12.4. The average molecular weight is 273 g/mol. The van der Waals surface area contributed by atoms with Crippen LogP contribution in [0.25, 0.3) is 0 Å². The van der Waals surface area contributed by atoms with Gasteiger partial charge < -0.3 is 16.0 Å². The van der Waals surface area contributed by atoms with Crippen LogP contribution in [0.15, 0.2) is 0 Å². The molecule has 0 unspecified atom stereocenters. The molecule has 0 saturated carbocycles. The van der Waals surface area contributed by atoms with Gasteiger partial charge in [-0.1, -0.05) is 26.1 Å². The summed E-state index contributed by atoms with van der Waals surface area (Å²) in [6, 6.07) is 0. The van der Waals surface area contributed by atoms with Gasteiger partial charge in [0.25, 0.3) is 0 Å². The fourth-order valence-electron chi connectivity index (χ4n) is 1.89. The fraction of sp³-hybridized carbons (Fsp3) is 0.750. The highest BCUT2D eigenvalue weighted by Gasteiger charge is 2.40. The molecule has 0 aliphatic heterocycles. The molecule has 0 spiro atoms. The SMILES string of the molecule is CCN(CC(=O)NC)C(=O)C(CC)(CC)C(N)=S. The summed E-state index contributed by atoms with van der Waals surface area (Å²) in [5.41, 5.74) is 4.90. The molecule has 0 saturated heterocycles. The third-order valence-electron chi connectivity index (χ3n) is 3.37. The number of likely N-dealkylation sites (N-methyl/N-ethyl adjacent to an activating group) is 2. The minimum absolute atomic E-state index is 0.0379. The molecule has 0 bridgehead atoms. The van der Waals surface area contributed by atoms with Gasteiger partial charge in [-0.3, -0.25) is 9.59 Å². The van der Waals surface area contributed by atoms with Gasteiger partial charge in [-0.05, 0) is 19.8 Å². The predicted octanol–water partition coefficient (Wildman–Crippen LogP) is 0.673. The fourth-order valence-corrected chi connectivity index (χ4v) is 2.26. The van der Waals surface area contributed by atoms with Crippen LogP contribution in [0, 0.1) is 5.41 Å². The molecular formula is C12H23N3O2S. The lowest BCUT2D eigenvalue weighted by molar-refractivity contribution is -0.141. The quantitative estimate of drug-likeness (QED) is 0.669. The van der Waals surface area contributed by atoms with Crippen molar-refractivity contribution < 1.29 is 9.59 Å². The Kier molecular flexibility index (Phi) is 6.83. The Balaban J connectivity index is 5.16. The summed E-state index contributed by atoms with van der Waals surface area (Å²) in [5.74, 6) is -0.361. The van der Waals surface area contributed by atoms with Crippen molar-refractivity contribution in [3.05, 3.63) is 0 Å². The highest BCUT2D eigenvalue weighted by Crippen LogP contribution is 2.29. The molecule has 0 radical (unpaired) electrons. The lowest BCUT2D eigenvalue weighted by Gasteiger charge is -2.34. The van der Waals surface area contributed by atoms with E-state index in [2.05, 4.69) is 5.32 Å². The van der Waals surface area contributed by atoms with E-state index in [9.17, 15) is 9.59 Å². The lowest BCUT2D eigenvalue weighted by atomic mass is 9.80. The number of hydrogen-bond acceptors (Lipinski definition) is 3. The van der Waals surface area contributed by atoms with E-state index in [1.54, 1.807) is 7.05 Å². The average Bonchev–Trinajstić information content (AvgIpc) is 2.36. The van der Waals surface area contributed by atoms with Gasteiger partial charge in [-0.2, -0.15) is 0 Å². The van der Waals surface area contributed by atoms with Crippen molar-refractivity contribution in [2.45, 2.75) is 33.6 Å². The second-order valence-electron chi connectivity index (χ2n) is 4.15. The van der Waals surface area contributed by atoms with Gasteiger partial charge in [-0.25, -0.2) is 0 Å². The molecule has 0 fully saturated rings.